The summed E-state index contributed by atoms with van der Waals surface area (Å²) < 4.78 is 0. The van der Waals surface area contributed by atoms with Crippen molar-refractivity contribution >= 4 is 30.2 Å². The van der Waals surface area contributed by atoms with Gasteiger partial charge in [-0.05, 0) is 12.1 Å². The van der Waals surface area contributed by atoms with Gasteiger partial charge in [0, 0.05) is 30.2 Å². The predicted molar refractivity (Wildman–Crippen MR) is 68.3 cm³/mol. The minimum Gasteiger partial charge on any atom is -0.355 e. The first-order valence-electron chi connectivity index (χ1n) is 4.40. The van der Waals surface area contributed by atoms with E-state index >= 15 is 0 Å². The van der Waals surface area contributed by atoms with Crippen molar-refractivity contribution in [3.8, 4) is 0 Å². The van der Waals surface area contributed by atoms with Crippen molar-refractivity contribution in [1.29, 1.82) is 0 Å². The summed E-state index contributed by atoms with van der Waals surface area (Å²) >= 11 is 0. The summed E-state index contributed by atoms with van der Waals surface area (Å²) in [6.07, 6.45) is 0. The van der Waals surface area contributed by atoms with Crippen molar-refractivity contribution in [3.05, 3.63) is 48.5 Å². The van der Waals surface area contributed by atoms with E-state index in [0.717, 1.165) is 0 Å². The molecule has 2 heteroatoms. The van der Waals surface area contributed by atoms with E-state index in [1.165, 1.54) is 21.8 Å². The second-order valence-electron chi connectivity index (χ2n) is 3.22. The fraction of sp³-hybridized carbons (Fsp3) is 0.0769. The molecular weight excluding hydrogens is 181 g/mol. The molecule has 0 saturated heterocycles. The fourth-order valence-corrected chi connectivity index (χ4v) is 1.80. The lowest BCUT2D eigenvalue weighted by molar-refractivity contribution is 1.55. The van der Waals surface area contributed by atoms with Gasteiger partial charge in [0.1, 0.15) is 0 Å². The van der Waals surface area contributed by atoms with Gasteiger partial charge in [0.25, 0.3) is 0 Å². The summed E-state index contributed by atoms with van der Waals surface area (Å²) in [4.78, 5) is 3.38. The van der Waals surface area contributed by atoms with E-state index in [1.54, 1.807) is 0 Å². The summed E-state index contributed by atoms with van der Waals surface area (Å²) in [5.41, 5.74) is 2.42. The lowest BCUT2D eigenvalue weighted by Crippen LogP contribution is -1.62. The van der Waals surface area contributed by atoms with Gasteiger partial charge < -0.3 is 4.98 Å². The third kappa shape index (κ3) is 1.63. The molecule has 0 unspecified atom stereocenters. The Labute approximate surface area is 91.7 Å². The number of H-pyrrole nitrogens is 1. The van der Waals surface area contributed by atoms with Crippen LogP contribution in [-0.4, -0.2) is 13.4 Å². The normalized spacial score (nSPS) is 9.60. The first kappa shape index (κ1) is 11.4. The molecule has 1 nitrogen and oxygen atoms in total. The molecular formula is C13H13BN. The summed E-state index contributed by atoms with van der Waals surface area (Å²) in [7, 11) is 0. The number of para-hydroxylation sites is 2. The second-order valence-corrected chi connectivity index (χ2v) is 3.22. The Morgan fingerprint density at radius 1 is 0.667 bits per heavy atom. The van der Waals surface area contributed by atoms with Crippen LogP contribution in [0.1, 0.15) is 7.43 Å². The van der Waals surface area contributed by atoms with Crippen LogP contribution in [0.15, 0.2) is 48.5 Å². The zero-order valence-electron chi connectivity index (χ0n) is 7.70. The van der Waals surface area contributed by atoms with Crippen molar-refractivity contribution in [1.82, 2.24) is 4.98 Å². The number of hydrogen-bond donors (Lipinski definition) is 1. The molecule has 0 fully saturated rings. The van der Waals surface area contributed by atoms with E-state index in [9.17, 15) is 0 Å². The predicted octanol–water partition coefficient (Wildman–Crippen LogP) is 3.58. The molecule has 0 spiro atoms. The molecule has 0 aliphatic rings. The van der Waals surface area contributed by atoms with Crippen LogP contribution in [0.3, 0.4) is 0 Å². The highest BCUT2D eigenvalue weighted by Crippen LogP contribution is 2.24. The standard InChI is InChI=1S/C12H9N.CH4.B/c1-3-7-11-9(5-1)10-6-2-4-8-12(10)13-11;;/h1-8,13H;1H4;. The molecule has 0 saturated carbocycles. The Hall–Kier alpha value is -1.70. The molecule has 3 aromatic rings. The van der Waals surface area contributed by atoms with E-state index in [1.807, 2.05) is 0 Å². The van der Waals surface area contributed by atoms with Gasteiger partial charge in [-0.3, -0.25) is 0 Å². The zero-order chi connectivity index (χ0) is 8.67. The summed E-state index contributed by atoms with van der Waals surface area (Å²) in [5.74, 6) is 0. The van der Waals surface area contributed by atoms with Gasteiger partial charge in [-0.15, -0.1) is 0 Å². The van der Waals surface area contributed by atoms with Crippen LogP contribution in [-0.2, 0) is 0 Å². The average Bonchev–Trinajstić information content (AvgIpc) is 2.56. The summed E-state index contributed by atoms with van der Waals surface area (Å²) in [5, 5.41) is 2.61. The molecule has 15 heavy (non-hydrogen) atoms. The zero-order valence-corrected chi connectivity index (χ0v) is 7.70. The Bertz CT molecular complexity index is 518. The van der Waals surface area contributed by atoms with Crippen LogP contribution in [0.2, 0.25) is 0 Å². The first-order valence-corrected chi connectivity index (χ1v) is 4.40. The highest BCUT2D eigenvalue weighted by atomic mass is 14.7. The molecule has 0 aliphatic carbocycles. The summed E-state index contributed by atoms with van der Waals surface area (Å²) in [6.45, 7) is 0. The molecule has 0 bridgehead atoms. The SMILES string of the molecule is C.[B].c1ccc2c(c1)[nH]c1ccccc12. The van der Waals surface area contributed by atoms with Crippen molar-refractivity contribution in [3.63, 3.8) is 0 Å². The molecule has 3 rings (SSSR count). The van der Waals surface area contributed by atoms with Crippen LogP contribution in [0.4, 0.5) is 0 Å². The van der Waals surface area contributed by atoms with Gasteiger partial charge in [0.2, 0.25) is 0 Å². The lowest BCUT2D eigenvalue weighted by Gasteiger charge is -1.87. The van der Waals surface area contributed by atoms with Gasteiger partial charge in [-0.25, -0.2) is 0 Å². The molecule has 0 amide bonds. The highest BCUT2D eigenvalue weighted by Gasteiger charge is 2.00. The lowest BCUT2D eigenvalue weighted by atomic mass is 10.2. The van der Waals surface area contributed by atoms with E-state index in [0.29, 0.717) is 0 Å². The molecule has 0 atom stereocenters. The average molecular weight is 194 g/mol. The minimum atomic E-state index is 0. The Balaban J connectivity index is 0.000000562. The second kappa shape index (κ2) is 4.22. The van der Waals surface area contributed by atoms with E-state index < -0.39 is 0 Å². The van der Waals surface area contributed by atoms with Crippen LogP contribution in [0, 0.1) is 0 Å². The smallest absolute Gasteiger partial charge is 0.0464 e. The van der Waals surface area contributed by atoms with E-state index in [4.69, 9.17) is 0 Å². The monoisotopic (exact) mass is 194 g/mol. The maximum Gasteiger partial charge on any atom is 0.0464 e. The third-order valence-corrected chi connectivity index (χ3v) is 2.41. The summed E-state index contributed by atoms with van der Waals surface area (Å²) in [6, 6.07) is 16.8. The largest absolute Gasteiger partial charge is 0.355 e. The Kier molecular flexibility index (Phi) is 3.20. The maximum absolute atomic E-state index is 3.38. The molecule has 3 radical (unpaired) electrons. The van der Waals surface area contributed by atoms with Crippen molar-refractivity contribution < 1.29 is 0 Å². The van der Waals surface area contributed by atoms with Gasteiger partial charge in [-0.1, -0.05) is 43.8 Å². The highest BCUT2D eigenvalue weighted by molar-refractivity contribution is 6.06. The van der Waals surface area contributed by atoms with E-state index in [2.05, 4.69) is 53.5 Å². The van der Waals surface area contributed by atoms with Gasteiger partial charge >= 0.3 is 0 Å². The van der Waals surface area contributed by atoms with Crippen LogP contribution in [0.25, 0.3) is 21.8 Å². The fourth-order valence-electron chi connectivity index (χ4n) is 1.80. The number of aromatic nitrogens is 1. The number of rotatable bonds is 0. The first-order chi connectivity index (χ1) is 6.45. The van der Waals surface area contributed by atoms with Crippen LogP contribution >= 0.6 is 0 Å². The van der Waals surface area contributed by atoms with Gasteiger partial charge in [0.05, 0.1) is 0 Å². The van der Waals surface area contributed by atoms with E-state index in [-0.39, 0.29) is 15.8 Å². The molecule has 1 aromatic heterocycles. The molecule has 2 aromatic carbocycles. The molecule has 1 N–H and O–H groups in total. The number of aromatic amines is 1. The Morgan fingerprint density at radius 3 is 1.53 bits per heavy atom. The van der Waals surface area contributed by atoms with Gasteiger partial charge in [0.15, 0.2) is 0 Å². The Morgan fingerprint density at radius 2 is 1.07 bits per heavy atom. The minimum absolute atomic E-state index is 0. The van der Waals surface area contributed by atoms with Crippen LogP contribution in [0.5, 0.6) is 0 Å². The topological polar surface area (TPSA) is 15.8 Å². The molecule has 0 aliphatic heterocycles. The molecule has 1 heterocycles. The van der Waals surface area contributed by atoms with Crippen molar-refractivity contribution in [2.45, 2.75) is 7.43 Å². The maximum atomic E-state index is 3.38. The van der Waals surface area contributed by atoms with Crippen molar-refractivity contribution in [2.24, 2.45) is 0 Å². The van der Waals surface area contributed by atoms with Crippen LogP contribution < -0.4 is 0 Å². The molecule has 73 valence electrons. The number of nitrogens with one attached hydrogen (secondary N) is 1. The van der Waals surface area contributed by atoms with Gasteiger partial charge in [-0.2, -0.15) is 0 Å². The third-order valence-electron chi connectivity index (χ3n) is 2.41. The quantitative estimate of drug-likeness (QED) is 0.526. The number of hydrogen-bond acceptors (Lipinski definition) is 0. The number of benzene rings is 2. The number of fused-ring (bicyclic) bond motifs is 3. The van der Waals surface area contributed by atoms with Crippen molar-refractivity contribution in [2.75, 3.05) is 0 Å².